The highest BCUT2D eigenvalue weighted by atomic mass is 35.5. The number of aromatic nitrogens is 2. The standard InChI is InChI=1S/C15H15Cl2FN2O/c1-4-15(2,21-3)14-19-12(16)11(13(17)20-14)9-6-5-7-10(18)8-9/h5-8H,4H2,1-3H3. The summed E-state index contributed by atoms with van der Waals surface area (Å²) >= 11 is 12.5. The van der Waals surface area contributed by atoms with Gasteiger partial charge in [0, 0.05) is 7.11 Å². The van der Waals surface area contributed by atoms with Crippen LogP contribution in [-0.2, 0) is 10.3 Å². The predicted molar refractivity (Wildman–Crippen MR) is 82.1 cm³/mol. The number of benzene rings is 1. The van der Waals surface area contributed by atoms with E-state index in [0.29, 0.717) is 23.4 Å². The van der Waals surface area contributed by atoms with Crippen LogP contribution in [-0.4, -0.2) is 17.1 Å². The Morgan fingerprint density at radius 1 is 1.24 bits per heavy atom. The van der Waals surface area contributed by atoms with Crippen molar-refractivity contribution in [3.05, 3.63) is 46.2 Å². The number of halogens is 3. The molecule has 0 aliphatic rings. The van der Waals surface area contributed by atoms with Crippen molar-refractivity contribution in [1.82, 2.24) is 9.97 Å². The fraction of sp³-hybridized carbons (Fsp3) is 0.333. The van der Waals surface area contributed by atoms with Gasteiger partial charge in [-0.3, -0.25) is 0 Å². The first-order valence-corrected chi connectivity index (χ1v) is 7.21. The smallest absolute Gasteiger partial charge is 0.163 e. The van der Waals surface area contributed by atoms with Gasteiger partial charge in [-0.1, -0.05) is 42.3 Å². The SMILES string of the molecule is CCC(C)(OC)c1nc(Cl)c(-c2cccc(F)c2)c(Cl)n1. The van der Waals surface area contributed by atoms with Crippen LogP contribution < -0.4 is 0 Å². The summed E-state index contributed by atoms with van der Waals surface area (Å²) in [4.78, 5) is 8.55. The van der Waals surface area contributed by atoms with Crippen LogP contribution in [0, 0.1) is 5.82 Å². The fourth-order valence-electron chi connectivity index (χ4n) is 1.92. The first-order chi connectivity index (χ1) is 9.91. The molecule has 3 nitrogen and oxygen atoms in total. The molecule has 0 bridgehead atoms. The van der Waals surface area contributed by atoms with Crippen molar-refractivity contribution >= 4 is 23.2 Å². The lowest BCUT2D eigenvalue weighted by molar-refractivity contribution is -0.00894. The molecule has 0 N–H and O–H groups in total. The Balaban J connectivity index is 2.57. The van der Waals surface area contributed by atoms with Gasteiger partial charge in [-0.15, -0.1) is 0 Å². The molecule has 0 amide bonds. The molecule has 2 aromatic rings. The van der Waals surface area contributed by atoms with Crippen molar-refractivity contribution in [1.29, 1.82) is 0 Å². The summed E-state index contributed by atoms with van der Waals surface area (Å²) in [6.07, 6.45) is 0.662. The van der Waals surface area contributed by atoms with Gasteiger partial charge >= 0.3 is 0 Å². The minimum Gasteiger partial charge on any atom is -0.371 e. The van der Waals surface area contributed by atoms with E-state index in [-0.39, 0.29) is 16.1 Å². The summed E-state index contributed by atoms with van der Waals surface area (Å²) in [6, 6.07) is 5.97. The summed E-state index contributed by atoms with van der Waals surface area (Å²) in [7, 11) is 1.58. The lowest BCUT2D eigenvalue weighted by Gasteiger charge is -2.25. The maximum Gasteiger partial charge on any atom is 0.163 e. The third-order valence-electron chi connectivity index (χ3n) is 3.53. The lowest BCUT2D eigenvalue weighted by atomic mass is 10.0. The minimum atomic E-state index is -0.673. The van der Waals surface area contributed by atoms with Crippen molar-refractivity contribution in [2.75, 3.05) is 7.11 Å². The van der Waals surface area contributed by atoms with E-state index < -0.39 is 5.60 Å². The van der Waals surface area contributed by atoms with Gasteiger partial charge in [0.1, 0.15) is 21.7 Å². The summed E-state index contributed by atoms with van der Waals surface area (Å²) in [5, 5.41) is 0.347. The average Bonchev–Trinajstić information content (AvgIpc) is 2.45. The molecule has 6 heteroatoms. The van der Waals surface area contributed by atoms with Crippen LogP contribution in [0.15, 0.2) is 24.3 Å². The third-order valence-corrected chi connectivity index (χ3v) is 4.08. The van der Waals surface area contributed by atoms with Gasteiger partial charge < -0.3 is 4.74 Å². The summed E-state index contributed by atoms with van der Waals surface area (Å²) in [6.45, 7) is 3.81. The van der Waals surface area contributed by atoms with E-state index in [9.17, 15) is 4.39 Å². The first kappa shape index (κ1) is 16.1. The Labute approximate surface area is 133 Å². The van der Waals surface area contributed by atoms with Crippen molar-refractivity contribution in [3.8, 4) is 11.1 Å². The molecule has 1 atom stereocenters. The molecule has 0 saturated heterocycles. The maximum atomic E-state index is 13.3. The Hall–Kier alpha value is -1.23. The summed E-state index contributed by atoms with van der Waals surface area (Å²) < 4.78 is 18.8. The molecule has 112 valence electrons. The van der Waals surface area contributed by atoms with Gasteiger partial charge in [-0.25, -0.2) is 14.4 Å². The molecule has 0 fully saturated rings. The number of nitrogens with zero attached hydrogens (tertiary/aromatic N) is 2. The molecule has 21 heavy (non-hydrogen) atoms. The summed E-state index contributed by atoms with van der Waals surface area (Å²) in [5.74, 6) is 0.0293. The molecule has 1 unspecified atom stereocenters. The highest BCUT2D eigenvalue weighted by Crippen LogP contribution is 2.35. The number of rotatable bonds is 4. The number of hydrogen-bond donors (Lipinski definition) is 0. The Kier molecular flexibility index (Phi) is 4.81. The van der Waals surface area contributed by atoms with E-state index in [1.54, 1.807) is 19.2 Å². The zero-order chi connectivity index (χ0) is 15.6. The molecule has 0 radical (unpaired) electrons. The van der Waals surface area contributed by atoms with E-state index >= 15 is 0 Å². The van der Waals surface area contributed by atoms with E-state index in [0.717, 1.165) is 0 Å². The number of methoxy groups -OCH3 is 1. The van der Waals surface area contributed by atoms with Crippen molar-refractivity contribution in [3.63, 3.8) is 0 Å². The van der Waals surface area contributed by atoms with Crippen LogP contribution in [0.5, 0.6) is 0 Å². The van der Waals surface area contributed by atoms with Crippen LogP contribution in [0.2, 0.25) is 10.3 Å². The fourth-order valence-corrected chi connectivity index (χ4v) is 2.53. The van der Waals surface area contributed by atoms with Crippen LogP contribution >= 0.6 is 23.2 Å². The predicted octanol–water partition coefficient (Wildman–Crippen LogP) is 4.86. The van der Waals surface area contributed by atoms with Gasteiger partial charge in [0.05, 0.1) is 5.56 Å². The van der Waals surface area contributed by atoms with Gasteiger partial charge in [0.15, 0.2) is 5.82 Å². The van der Waals surface area contributed by atoms with E-state index in [1.165, 1.54) is 12.1 Å². The first-order valence-electron chi connectivity index (χ1n) is 6.46. The number of hydrogen-bond acceptors (Lipinski definition) is 3. The second-order valence-corrected chi connectivity index (χ2v) is 5.52. The molecule has 2 rings (SSSR count). The summed E-state index contributed by atoms with van der Waals surface area (Å²) in [5.41, 5.74) is 0.275. The van der Waals surface area contributed by atoms with Crippen LogP contribution in [0.25, 0.3) is 11.1 Å². The molecular weight excluding hydrogens is 314 g/mol. The Morgan fingerprint density at radius 2 is 1.86 bits per heavy atom. The van der Waals surface area contributed by atoms with E-state index in [4.69, 9.17) is 27.9 Å². The quantitative estimate of drug-likeness (QED) is 0.751. The Morgan fingerprint density at radius 3 is 2.33 bits per heavy atom. The maximum absolute atomic E-state index is 13.3. The zero-order valence-electron chi connectivity index (χ0n) is 12.0. The van der Waals surface area contributed by atoms with E-state index in [1.807, 2.05) is 13.8 Å². The second kappa shape index (κ2) is 6.26. The molecule has 0 spiro atoms. The molecular formula is C15H15Cl2FN2O. The van der Waals surface area contributed by atoms with Crippen LogP contribution in [0.3, 0.4) is 0 Å². The van der Waals surface area contributed by atoms with Crippen LogP contribution in [0.4, 0.5) is 4.39 Å². The highest BCUT2D eigenvalue weighted by Gasteiger charge is 2.29. The van der Waals surface area contributed by atoms with E-state index in [2.05, 4.69) is 9.97 Å². The normalized spacial score (nSPS) is 14.0. The topological polar surface area (TPSA) is 35.0 Å². The Bertz CT molecular complexity index is 637. The second-order valence-electron chi connectivity index (χ2n) is 4.80. The van der Waals surface area contributed by atoms with Gasteiger partial charge in [0.2, 0.25) is 0 Å². The average molecular weight is 329 g/mol. The van der Waals surface area contributed by atoms with Crippen molar-refractivity contribution in [2.45, 2.75) is 25.9 Å². The van der Waals surface area contributed by atoms with Gasteiger partial charge in [0.25, 0.3) is 0 Å². The molecule has 1 aromatic carbocycles. The van der Waals surface area contributed by atoms with Gasteiger partial charge in [-0.2, -0.15) is 0 Å². The van der Waals surface area contributed by atoms with Crippen molar-refractivity contribution < 1.29 is 9.13 Å². The minimum absolute atomic E-state index is 0.173. The highest BCUT2D eigenvalue weighted by molar-refractivity contribution is 6.37. The molecule has 1 heterocycles. The zero-order valence-corrected chi connectivity index (χ0v) is 13.5. The van der Waals surface area contributed by atoms with Crippen LogP contribution in [0.1, 0.15) is 26.1 Å². The largest absolute Gasteiger partial charge is 0.371 e. The molecule has 0 aliphatic heterocycles. The molecule has 1 aromatic heterocycles. The number of ether oxygens (including phenoxy) is 1. The lowest BCUT2D eigenvalue weighted by Crippen LogP contribution is -2.26. The monoisotopic (exact) mass is 328 g/mol. The van der Waals surface area contributed by atoms with Crippen molar-refractivity contribution in [2.24, 2.45) is 0 Å². The van der Waals surface area contributed by atoms with Gasteiger partial charge in [-0.05, 0) is 31.0 Å². The molecule has 0 saturated carbocycles. The molecule has 0 aliphatic carbocycles. The third kappa shape index (κ3) is 3.18.